The minimum Gasteiger partial charge on any atom is -0.387 e. The first-order chi connectivity index (χ1) is 8.89. The molecule has 3 heteroatoms. The Labute approximate surface area is 121 Å². The summed E-state index contributed by atoms with van der Waals surface area (Å²) in [5.41, 5.74) is 6.09. The number of hydrogen-bond acceptors (Lipinski definition) is 3. The molecule has 1 aliphatic rings. The summed E-state index contributed by atoms with van der Waals surface area (Å²) >= 11 is 1.75. The van der Waals surface area contributed by atoms with E-state index in [1.54, 1.807) is 11.3 Å². The van der Waals surface area contributed by atoms with Crippen LogP contribution in [-0.4, -0.2) is 11.7 Å². The van der Waals surface area contributed by atoms with E-state index in [4.69, 9.17) is 5.73 Å². The van der Waals surface area contributed by atoms with E-state index in [-0.39, 0.29) is 16.9 Å². The van der Waals surface area contributed by atoms with Gasteiger partial charge in [-0.15, -0.1) is 11.3 Å². The average molecular weight is 281 g/mol. The molecule has 0 amide bonds. The second-order valence-corrected chi connectivity index (χ2v) is 8.10. The molecule has 0 spiro atoms. The molecule has 0 saturated heterocycles. The number of hydrogen-bond donors (Lipinski definition) is 2. The highest BCUT2D eigenvalue weighted by Crippen LogP contribution is 2.47. The lowest BCUT2D eigenvalue weighted by Gasteiger charge is -2.40. The summed E-state index contributed by atoms with van der Waals surface area (Å²) in [5.74, 6) is 0. The van der Waals surface area contributed by atoms with Crippen molar-refractivity contribution < 1.29 is 5.11 Å². The van der Waals surface area contributed by atoms with Crippen molar-refractivity contribution >= 4 is 11.3 Å². The molecule has 0 aliphatic heterocycles. The van der Waals surface area contributed by atoms with E-state index in [0.29, 0.717) is 6.54 Å². The van der Waals surface area contributed by atoms with Gasteiger partial charge in [-0.05, 0) is 30.4 Å². The number of aliphatic hydroxyl groups is 1. The molecule has 1 heterocycles. The molecule has 1 saturated carbocycles. The lowest BCUT2D eigenvalue weighted by molar-refractivity contribution is 0.00312. The van der Waals surface area contributed by atoms with E-state index in [1.807, 2.05) is 0 Å². The molecule has 1 atom stereocenters. The Balaban J connectivity index is 2.22. The minimum atomic E-state index is -0.390. The molecule has 108 valence electrons. The third-order valence-corrected chi connectivity index (χ3v) is 6.03. The van der Waals surface area contributed by atoms with E-state index in [2.05, 4.69) is 32.9 Å². The van der Waals surface area contributed by atoms with Crippen LogP contribution in [0.1, 0.15) is 68.7 Å². The van der Waals surface area contributed by atoms with Crippen molar-refractivity contribution in [1.82, 2.24) is 0 Å². The number of thiophene rings is 1. The molecule has 0 aromatic carbocycles. The van der Waals surface area contributed by atoms with Crippen LogP contribution in [0.25, 0.3) is 0 Å². The zero-order chi connectivity index (χ0) is 14.1. The summed E-state index contributed by atoms with van der Waals surface area (Å²) in [4.78, 5) is 2.43. The van der Waals surface area contributed by atoms with Gasteiger partial charge in [-0.3, -0.25) is 0 Å². The maximum atomic E-state index is 10.8. The highest BCUT2D eigenvalue weighted by molar-refractivity contribution is 7.12. The first-order valence-electron chi connectivity index (χ1n) is 7.37. The van der Waals surface area contributed by atoms with Gasteiger partial charge in [0.05, 0.1) is 6.10 Å². The SMILES string of the molecule is CC(C)(C)c1ccc(C(O)C2(CN)CCCCC2)s1. The molecule has 2 nitrogen and oxygen atoms in total. The predicted octanol–water partition coefficient (Wildman–Crippen LogP) is 3.99. The smallest absolute Gasteiger partial charge is 0.0950 e. The van der Waals surface area contributed by atoms with Gasteiger partial charge in [0.2, 0.25) is 0 Å². The van der Waals surface area contributed by atoms with Gasteiger partial charge in [-0.1, -0.05) is 40.0 Å². The average Bonchev–Trinajstić information content (AvgIpc) is 2.88. The third-order valence-electron chi connectivity index (χ3n) is 4.47. The maximum Gasteiger partial charge on any atom is 0.0950 e. The molecular formula is C16H27NOS. The van der Waals surface area contributed by atoms with Gasteiger partial charge in [0.1, 0.15) is 0 Å². The molecule has 0 radical (unpaired) electrons. The van der Waals surface area contributed by atoms with Crippen LogP contribution in [0.3, 0.4) is 0 Å². The second kappa shape index (κ2) is 5.55. The van der Waals surface area contributed by atoms with Crippen LogP contribution in [0, 0.1) is 5.41 Å². The van der Waals surface area contributed by atoms with Crippen LogP contribution in [0.5, 0.6) is 0 Å². The van der Waals surface area contributed by atoms with Crippen molar-refractivity contribution in [2.45, 2.75) is 64.4 Å². The van der Waals surface area contributed by atoms with Crippen LogP contribution in [-0.2, 0) is 5.41 Å². The van der Waals surface area contributed by atoms with E-state index in [9.17, 15) is 5.11 Å². The topological polar surface area (TPSA) is 46.2 Å². The fourth-order valence-corrected chi connectivity index (χ4v) is 4.24. The van der Waals surface area contributed by atoms with Crippen LogP contribution in [0.2, 0.25) is 0 Å². The Morgan fingerprint density at radius 1 is 1.26 bits per heavy atom. The Morgan fingerprint density at radius 3 is 2.37 bits per heavy atom. The largest absolute Gasteiger partial charge is 0.387 e. The molecule has 1 unspecified atom stereocenters. The molecule has 0 bridgehead atoms. The fourth-order valence-electron chi connectivity index (χ4n) is 3.05. The van der Waals surface area contributed by atoms with Gasteiger partial charge in [0.15, 0.2) is 0 Å². The lowest BCUT2D eigenvalue weighted by atomic mass is 9.70. The molecule has 19 heavy (non-hydrogen) atoms. The summed E-state index contributed by atoms with van der Waals surface area (Å²) < 4.78 is 0. The fraction of sp³-hybridized carbons (Fsp3) is 0.750. The third kappa shape index (κ3) is 3.04. The van der Waals surface area contributed by atoms with Gasteiger partial charge in [0, 0.05) is 21.7 Å². The Bertz CT molecular complexity index is 413. The van der Waals surface area contributed by atoms with E-state index in [0.717, 1.165) is 17.7 Å². The highest BCUT2D eigenvalue weighted by Gasteiger charge is 2.39. The molecular weight excluding hydrogens is 254 g/mol. The second-order valence-electron chi connectivity index (χ2n) is 6.98. The van der Waals surface area contributed by atoms with E-state index >= 15 is 0 Å². The standard InChI is InChI=1S/C16H27NOS/c1-15(2,3)13-8-7-12(19-13)14(18)16(11-17)9-5-4-6-10-16/h7-8,14,18H,4-6,9-11,17H2,1-3H3. The molecule has 1 aromatic rings. The Kier molecular flexibility index (Phi) is 4.38. The van der Waals surface area contributed by atoms with Crippen molar-refractivity contribution in [3.8, 4) is 0 Å². The molecule has 1 fully saturated rings. The van der Waals surface area contributed by atoms with Gasteiger partial charge in [-0.2, -0.15) is 0 Å². The zero-order valence-electron chi connectivity index (χ0n) is 12.4. The first-order valence-corrected chi connectivity index (χ1v) is 8.19. The molecule has 2 rings (SSSR count). The predicted molar refractivity (Wildman–Crippen MR) is 82.6 cm³/mol. The summed E-state index contributed by atoms with van der Waals surface area (Å²) in [7, 11) is 0. The number of aliphatic hydroxyl groups excluding tert-OH is 1. The number of rotatable bonds is 3. The molecule has 3 N–H and O–H groups in total. The lowest BCUT2D eigenvalue weighted by Crippen LogP contribution is -2.38. The Hall–Kier alpha value is -0.380. The normalized spacial score (nSPS) is 21.3. The molecule has 1 aliphatic carbocycles. The van der Waals surface area contributed by atoms with Crippen LogP contribution in [0.4, 0.5) is 0 Å². The van der Waals surface area contributed by atoms with Crippen LogP contribution < -0.4 is 5.73 Å². The summed E-state index contributed by atoms with van der Waals surface area (Å²) in [5, 5.41) is 10.8. The van der Waals surface area contributed by atoms with Crippen molar-refractivity contribution in [3.05, 3.63) is 21.9 Å². The number of nitrogens with two attached hydrogens (primary N) is 1. The van der Waals surface area contributed by atoms with Gasteiger partial charge >= 0.3 is 0 Å². The summed E-state index contributed by atoms with van der Waals surface area (Å²) in [6, 6.07) is 4.26. The zero-order valence-corrected chi connectivity index (χ0v) is 13.2. The summed E-state index contributed by atoms with van der Waals surface area (Å²) in [6.07, 6.45) is 5.42. The van der Waals surface area contributed by atoms with E-state index < -0.39 is 0 Å². The highest BCUT2D eigenvalue weighted by atomic mass is 32.1. The van der Waals surface area contributed by atoms with Crippen molar-refractivity contribution in [2.24, 2.45) is 11.1 Å². The van der Waals surface area contributed by atoms with Crippen LogP contribution in [0.15, 0.2) is 12.1 Å². The van der Waals surface area contributed by atoms with Crippen molar-refractivity contribution in [1.29, 1.82) is 0 Å². The van der Waals surface area contributed by atoms with Gasteiger partial charge in [-0.25, -0.2) is 0 Å². The molecule has 1 aromatic heterocycles. The Morgan fingerprint density at radius 2 is 1.89 bits per heavy atom. The minimum absolute atomic E-state index is 0.0851. The van der Waals surface area contributed by atoms with Crippen molar-refractivity contribution in [2.75, 3.05) is 6.54 Å². The van der Waals surface area contributed by atoms with Gasteiger partial charge < -0.3 is 10.8 Å². The van der Waals surface area contributed by atoms with Crippen molar-refractivity contribution in [3.63, 3.8) is 0 Å². The first kappa shape index (κ1) is 15.0. The van der Waals surface area contributed by atoms with Crippen LogP contribution >= 0.6 is 11.3 Å². The monoisotopic (exact) mass is 281 g/mol. The van der Waals surface area contributed by atoms with Gasteiger partial charge in [0.25, 0.3) is 0 Å². The quantitative estimate of drug-likeness (QED) is 0.880. The maximum absolute atomic E-state index is 10.8. The summed E-state index contributed by atoms with van der Waals surface area (Å²) in [6.45, 7) is 7.24. The van der Waals surface area contributed by atoms with E-state index in [1.165, 1.54) is 24.1 Å².